The zero-order valence-corrected chi connectivity index (χ0v) is 14.2. The second-order valence-electron chi connectivity index (χ2n) is 6.15. The Morgan fingerprint density at radius 3 is 3.05 bits per heavy atom. The number of likely N-dealkylation sites (N-methyl/N-ethyl adjacent to an activating group) is 1. The summed E-state index contributed by atoms with van der Waals surface area (Å²) >= 11 is 3.66. The van der Waals surface area contributed by atoms with Crippen molar-refractivity contribution in [3.8, 4) is 0 Å². The normalized spacial score (nSPS) is 24.0. The molecular weight excluding hydrogens is 342 g/mol. The number of H-pyrrole nitrogens is 1. The van der Waals surface area contributed by atoms with E-state index in [4.69, 9.17) is 0 Å². The first-order chi connectivity index (χ1) is 10.6. The lowest BCUT2D eigenvalue weighted by atomic mass is 9.80. The predicted molar refractivity (Wildman–Crippen MR) is 91.7 cm³/mol. The smallest absolute Gasteiger partial charge is 0.227 e. The Labute approximate surface area is 137 Å². The number of carbonyl (C=O) groups is 1. The van der Waals surface area contributed by atoms with Gasteiger partial charge in [-0.1, -0.05) is 18.2 Å². The fraction of sp³-hybridized carbons (Fsp3) is 0.353. The quantitative estimate of drug-likeness (QED) is 0.821. The molecule has 114 valence electrons. The molecule has 0 saturated carbocycles. The summed E-state index contributed by atoms with van der Waals surface area (Å²) in [4.78, 5) is 17.8. The largest absolute Gasteiger partial charge is 0.359 e. The van der Waals surface area contributed by atoms with Crippen LogP contribution < -0.4 is 5.32 Å². The van der Waals surface area contributed by atoms with Crippen molar-refractivity contribution >= 4 is 38.3 Å². The SMILES string of the molecule is CNC(=O)C1C=C2c3cccc4[nH]c(Br)c(c34)C[C@H]2N(C)C1. The van der Waals surface area contributed by atoms with Crippen molar-refractivity contribution in [1.82, 2.24) is 15.2 Å². The number of hydrogen-bond acceptors (Lipinski definition) is 2. The van der Waals surface area contributed by atoms with E-state index in [-0.39, 0.29) is 11.8 Å². The maximum Gasteiger partial charge on any atom is 0.227 e. The highest BCUT2D eigenvalue weighted by Crippen LogP contribution is 2.43. The van der Waals surface area contributed by atoms with Crippen molar-refractivity contribution in [2.75, 3.05) is 20.6 Å². The third-order valence-electron chi connectivity index (χ3n) is 4.92. The lowest BCUT2D eigenvalue weighted by molar-refractivity contribution is -0.123. The molecule has 1 amide bonds. The minimum Gasteiger partial charge on any atom is -0.359 e. The maximum absolute atomic E-state index is 12.1. The number of carbonyl (C=O) groups excluding carboxylic acids is 1. The van der Waals surface area contributed by atoms with Gasteiger partial charge in [0.1, 0.15) is 0 Å². The van der Waals surface area contributed by atoms with Gasteiger partial charge in [0.25, 0.3) is 0 Å². The van der Waals surface area contributed by atoms with Crippen molar-refractivity contribution in [3.05, 3.63) is 40.0 Å². The Kier molecular flexibility index (Phi) is 3.16. The number of aromatic nitrogens is 1. The zero-order chi connectivity index (χ0) is 15.4. The van der Waals surface area contributed by atoms with E-state index in [9.17, 15) is 4.79 Å². The Hall–Kier alpha value is -1.59. The van der Waals surface area contributed by atoms with Crippen LogP contribution in [0.1, 0.15) is 11.1 Å². The molecule has 22 heavy (non-hydrogen) atoms. The molecule has 2 aromatic rings. The van der Waals surface area contributed by atoms with Gasteiger partial charge in [-0.2, -0.15) is 0 Å². The molecule has 0 bridgehead atoms. The number of nitrogens with one attached hydrogen (secondary N) is 2. The molecule has 1 aromatic heterocycles. The first-order valence-electron chi connectivity index (χ1n) is 7.53. The summed E-state index contributed by atoms with van der Waals surface area (Å²) in [5, 5.41) is 4.07. The standard InChI is InChI=1S/C17H18BrN3O/c1-19-17(22)9-6-11-10-4-3-5-13-15(10)12(16(18)20-13)7-14(11)21(2)8-9/h3-6,9,14,20H,7-8H2,1-2H3,(H,19,22)/t9?,14-/m1/s1. The molecule has 0 radical (unpaired) electrons. The van der Waals surface area contributed by atoms with E-state index in [1.807, 2.05) is 0 Å². The average Bonchev–Trinajstić information content (AvgIpc) is 2.84. The molecule has 4 rings (SSSR count). The Morgan fingerprint density at radius 1 is 1.45 bits per heavy atom. The van der Waals surface area contributed by atoms with Gasteiger partial charge in [0.15, 0.2) is 0 Å². The molecule has 4 nitrogen and oxygen atoms in total. The van der Waals surface area contributed by atoms with Crippen LogP contribution in [0.25, 0.3) is 16.5 Å². The fourth-order valence-corrected chi connectivity index (χ4v) is 4.42. The summed E-state index contributed by atoms with van der Waals surface area (Å²) in [5.74, 6) is 0.00598. The highest BCUT2D eigenvalue weighted by molar-refractivity contribution is 9.10. The Bertz CT molecular complexity index is 808. The molecule has 0 saturated heterocycles. The van der Waals surface area contributed by atoms with Gasteiger partial charge in [0.2, 0.25) is 5.91 Å². The van der Waals surface area contributed by atoms with E-state index in [2.05, 4.69) is 62.5 Å². The van der Waals surface area contributed by atoms with Crippen LogP contribution in [0.2, 0.25) is 0 Å². The van der Waals surface area contributed by atoms with Crippen molar-refractivity contribution in [3.63, 3.8) is 0 Å². The monoisotopic (exact) mass is 359 g/mol. The molecule has 1 aliphatic carbocycles. The number of nitrogens with zero attached hydrogens (tertiary/aromatic N) is 1. The molecule has 0 fully saturated rings. The lowest BCUT2D eigenvalue weighted by Gasteiger charge is -2.39. The summed E-state index contributed by atoms with van der Waals surface area (Å²) in [7, 11) is 3.81. The minimum absolute atomic E-state index is 0.0829. The van der Waals surface area contributed by atoms with Crippen LogP contribution in [0, 0.1) is 5.92 Å². The van der Waals surface area contributed by atoms with Crippen LogP contribution in [-0.4, -0.2) is 42.5 Å². The predicted octanol–water partition coefficient (Wildman–Crippen LogP) is 2.55. The van der Waals surface area contributed by atoms with Crippen LogP contribution >= 0.6 is 15.9 Å². The van der Waals surface area contributed by atoms with Crippen LogP contribution in [0.15, 0.2) is 28.9 Å². The maximum atomic E-state index is 12.1. The highest BCUT2D eigenvalue weighted by atomic mass is 79.9. The molecule has 1 aliphatic heterocycles. The second kappa shape index (κ2) is 4.96. The molecule has 2 aliphatic rings. The highest BCUT2D eigenvalue weighted by Gasteiger charge is 2.36. The lowest BCUT2D eigenvalue weighted by Crippen LogP contribution is -2.46. The molecule has 1 aromatic carbocycles. The van der Waals surface area contributed by atoms with Crippen LogP contribution in [0.4, 0.5) is 0 Å². The summed E-state index contributed by atoms with van der Waals surface area (Å²) in [6.45, 7) is 0.765. The number of amides is 1. The van der Waals surface area contributed by atoms with E-state index in [1.54, 1.807) is 7.05 Å². The molecular formula is C17H18BrN3O. The number of fused-ring (bicyclic) bond motifs is 2. The minimum atomic E-state index is -0.0829. The van der Waals surface area contributed by atoms with E-state index in [0.717, 1.165) is 23.1 Å². The van der Waals surface area contributed by atoms with E-state index >= 15 is 0 Å². The number of aromatic amines is 1. The van der Waals surface area contributed by atoms with E-state index < -0.39 is 0 Å². The van der Waals surface area contributed by atoms with Crippen molar-refractivity contribution in [2.24, 2.45) is 5.92 Å². The fourth-order valence-electron chi connectivity index (χ4n) is 3.85. The van der Waals surface area contributed by atoms with E-state index in [1.165, 1.54) is 22.1 Å². The molecule has 2 atom stereocenters. The number of benzene rings is 1. The van der Waals surface area contributed by atoms with Crippen molar-refractivity contribution < 1.29 is 4.79 Å². The third kappa shape index (κ3) is 1.88. The average molecular weight is 360 g/mol. The molecule has 1 unspecified atom stereocenters. The molecule has 2 N–H and O–H groups in total. The summed E-state index contributed by atoms with van der Waals surface area (Å²) < 4.78 is 1.08. The Balaban J connectivity index is 1.93. The van der Waals surface area contributed by atoms with Crippen molar-refractivity contribution in [2.45, 2.75) is 12.5 Å². The van der Waals surface area contributed by atoms with Gasteiger partial charge in [0.05, 0.1) is 10.5 Å². The van der Waals surface area contributed by atoms with Gasteiger partial charge in [-0.05, 0) is 52.2 Å². The molecule has 5 heteroatoms. The second-order valence-corrected chi connectivity index (χ2v) is 6.94. The third-order valence-corrected chi connectivity index (χ3v) is 5.60. The van der Waals surface area contributed by atoms with E-state index in [0.29, 0.717) is 6.04 Å². The van der Waals surface area contributed by atoms with Crippen LogP contribution in [0.5, 0.6) is 0 Å². The first kappa shape index (κ1) is 14.0. The first-order valence-corrected chi connectivity index (χ1v) is 8.32. The van der Waals surface area contributed by atoms with Crippen LogP contribution in [-0.2, 0) is 11.2 Å². The Morgan fingerprint density at radius 2 is 2.27 bits per heavy atom. The van der Waals surface area contributed by atoms with Gasteiger partial charge >= 0.3 is 0 Å². The summed E-state index contributed by atoms with van der Waals surface area (Å²) in [5.41, 5.74) is 5.04. The van der Waals surface area contributed by atoms with Crippen molar-refractivity contribution in [1.29, 1.82) is 0 Å². The van der Waals surface area contributed by atoms with Gasteiger partial charge in [-0.25, -0.2) is 0 Å². The zero-order valence-electron chi connectivity index (χ0n) is 12.6. The van der Waals surface area contributed by atoms with Gasteiger partial charge < -0.3 is 10.3 Å². The molecule has 0 spiro atoms. The van der Waals surface area contributed by atoms with Gasteiger partial charge in [-0.3, -0.25) is 9.69 Å². The summed E-state index contributed by atoms with van der Waals surface area (Å²) in [6, 6.07) is 6.70. The number of rotatable bonds is 1. The van der Waals surface area contributed by atoms with Crippen LogP contribution in [0.3, 0.4) is 0 Å². The molecule has 2 heterocycles. The number of halogens is 1. The van der Waals surface area contributed by atoms with Gasteiger partial charge in [-0.15, -0.1) is 0 Å². The summed E-state index contributed by atoms with van der Waals surface area (Å²) in [6.07, 6.45) is 3.14. The number of hydrogen-bond donors (Lipinski definition) is 2. The van der Waals surface area contributed by atoms with Gasteiger partial charge in [0, 0.05) is 30.5 Å². The topological polar surface area (TPSA) is 48.1 Å².